The van der Waals surface area contributed by atoms with Gasteiger partial charge in [0, 0.05) is 21.9 Å². The predicted molar refractivity (Wildman–Crippen MR) is 108 cm³/mol. The van der Waals surface area contributed by atoms with Crippen LogP contribution in [-0.4, -0.2) is 18.4 Å². The van der Waals surface area contributed by atoms with E-state index >= 15 is 0 Å². The summed E-state index contributed by atoms with van der Waals surface area (Å²) in [6, 6.07) is 13.0. The second-order valence-corrected chi connectivity index (χ2v) is 8.40. The van der Waals surface area contributed by atoms with Gasteiger partial charge in [0.1, 0.15) is 0 Å². The molecule has 2 aromatic carbocycles. The van der Waals surface area contributed by atoms with Crippen molar-refractivity contribution < 1.29 is 9.59 Å². The van der Waals surface area contributed by atoms with E-state index in [0.29, 0.717) is 11.1 Å². The molecule has 5 heteroatoms. The van der Waals surface area contributed by atoms with Crippen LogP contribution in [0.4, 0.5) is 5.69 Å². The third-order valence-corrected chi connectivity index (χ3v) is 6.54. The maximum Gasteiger partial charge on any atom is 0.256 e. The monoisotopic (exact) mass is 380 g/mol. The molecule has 0 bridgehead atoms. The van der Waals surface area contributed by atoms with E-state index in [0.717, 1.165) is 34.4 Å². The molecule has 0 saturated heterocycles. The summed E-state index contributed by atoms with van der Waals surface area (Å²) in [6.45, 7) is 0.729. The SMILES string of the molecule is O=C(NCCC1CCCCC1)c1ccc2c(c1)Sc1ccccc1C(=O)N2. The van der Waals surface area contributed by atoms with E-state index < -0.39 is 0 Å². The standard InChI is InChI=1S/C22H24N2O2S/c25-21(23-13-12-15-6-2-1-3-7-15)16-10-11-18-20(14-16)27-19-9-5-4-8-17(19)22(26)24-18/h4-5,8-11,14-15H,1-3,6-7,12-13H2,(H,23,25)(H,24,26). The third kappa shape index (κ3) is 4.19. The molecule has 1 saturated carbocycles. The van der Waals surface area contributed by atoms with Gasteiger partial charge in [0.2, 0.25) is 0 Å². The fourth-order valence-corrected chi connectivity index (χ4v) is 4.94. The van der Waals surface area contributed by atoms with Gasteiger partial charge >= 0.3 is 0 Å². The van der Waals surface area contributed by atoms with E-state index in [2.05, 4.69) is 10.6 Å². The Kier molecular flexibility index (Phi) is 5.48. The van der Waals surface area contributed by atoms with Crippen LogP contribution in [0.1, 0.15) is 59.2 Å². The number of fused-ring (bicyclic) bond motifs is 2. The number of benzene rings is 2. The van der Waals surface area contributed by atoms with Crippen LogP contribution in [0.3, 0.4) is 0 Å². The number of rotatable bonds is 4. The second-order valence-electron chi connectivity index (χ2n) is 7.31. The molecular formula is C22H24N2O2S. The van der Waals surface area contributed by atoms with E-state index in [1.54, 1.807) is 6.07 Å². The Morgan fingerprint density at radius 1 is 1.07 bits per heavy atom. The van der Waals surface area contributed by atoms with E-state index in [4.69, 9.17) is 0 Å². The van der Waals surface area contributed by atoms with E-state index in [1.807, 2.05) is 36.4 Å². The van der Waals surface area contributed by atoms with Crippen molar-refractivity contribution in [3.63, 3.8) is 0 Å². The zero-order valence-electron chi connectivity index (χ0n) is 15.3. The Labute approximate surface area is 164 Å². The summed E-state index contributed by atoms with van der Waals surface area (Å²) in [5, 5.41) is 6.00. The topological polar surface area (TPSA) is 58.2 Å². The van der Waals surface area contributed by atoms with Crippen molar-refractivity contribution >= 4 is 29.3 Å². The number of hydrogen-bond acceptors (Lipinski definition) is 3. The highest BCUT2D eigenvalue weighted by atomic mass is 32.2. The fraction of sp³-hybridized carbons (Fsp3) is 0.364. The Morgan fingerprint density at radius 2 is 1.89 bits per heavy atom. The molecule has 2 N–H and O–H groups in total. The zero-order valence-corrected chi connectivity index (χ0v) is 16.1. The minimum Gasteiger partial charge on any atom is -0.352 e. The number of anilines is 1. The first kappa shape index (κ1) is 18.1. The van der Waals surface area contributed by atoms with Crippen molar-refractivity contribution in [2.45, 2.75) is 48.3 Å². The lowest BCUT2D eigenvalue weighted by Crippen LogP contribution is -2.26. The summed E-state index contributed by atoms with van der Waals surface area (Å²) in [7, 11) is 0. The van der Waals surface area contributed by atoms with Gasteiger partial charge in [-0.05, 0) is 42.7 Å². The van der Waals surface area contributed by atoms with Crippen molar-refractivity contribution in [3.8, 4) is 0 Å². The van der Waals surface area contributed by atoms with Crippen molar-refractivity contribution in [3.05, 3.63) is 53.6 Å². The first-order chi connectivity index (χ1) is 13.2. The quantitative estimate of drug-likeness (QED) is 0.775. The first-order valence-electron chi connectivity index (χ1n) is 9.71. The Morgan fingerprint density at radius 3 is 2.74 bits per heavy atom. The van der Waals surface area contributed by atoms with Gasteiger partial charge < -0.3 is 10.6 Å². The molecular weight excluding hydrogens is 356 g/mol. The molecule has 4 rings (SSSR count). The maximum atomic E-state index is 12.6. The molecule has 1 aliphatic heterocycles. The molecule has 2 aromatic rings. The molecule has 27 heavy (non-hydrogen) atoms. The highest BCUT2D eigenvalue weighted by molar-refractivity contribution is 7.99. The molecule has 2 amide bonds. The van der Waals surface area contributed by atoms with E-state index in [-0.39, 0.29) is 11.8 Å². The Hall–Kier alpha value is -2.27. The predicted octanol–water partition coefficient (Wildman–Crippen LogP) is 5.10. The van der Waals surface area contributed by atoms with Crippen LogP contribution < -0.4 is 10.6 Å². The van der Waals surface area contributed by atoms with Crippen LogP contribution in [0.2, 0.25) is 0 Å². The minimum absolute atomic E-state index is 0.0435. The summed E-state index contributed by atoms with van der Waals surface area (Å²) in [6.07, 6.45) is 7.67. The van der Waals surface area contributed by atoms with Gasteiger partial charge in [-0.3, -0.25) is 9.59 Å². The molecule has 1 fully saturated rings. The van der Waals surface area contributed by atoms with Gasteiger partial charge in [0.05, 0.1) is 11.3 Å². The van der Waals surface area contributed by atoms with E-state index in [1.165, 1.54) is 43.9 Å². The lowest BCUT2D eigenvalue weighted by atomic mass is 9.87. The number of carbonyl (C=O) groups excluding carboxylic acids is 2. The van der Waals surface area contributed by atoms with Gasteiger partial charge in [-0.25, -0.2) is 0 Å². The van der Waals surface area contributed by atoms with Gasteiger partial charge in [0.25, 0.3) is 11.8 Å². The molecule has 0 unspecified atom stereocenters. The fourth-order valence-electron chi connectivity index (χ4n) is 3.87. The van der Waals surface area contributed by atoms with Crippen molar-refractivity contribution in [2.24, 2.45) is 5.92 Å². The second kappa shape index (κ2) is 8.17. The molecule has 2 aliphatic rings. The lowest BCUT2D eigenvalue weighted by Gasteiger charge is -2.21. The number of carbonyl (C=O) groups is 2. The van der Waals surface area contributed by atoms with Crippen LogP contribution >= 0.6 is 11.8 Å². The van der Waals surface area contributed by atoms with Crippen LogP contribution in [0, 0.1) is 5.92 Å². The van der Waals surface area contributed by atoms with E-state index in [9.17, 15) is 9.59 Å². The Balaban J connectivity index is 1.44. The van der Waals surface area contributed by atoms with Crippen molar-refractivity contribution in [1.82, 2.24) is 5.32 Å². The first-order valence-corrected chi connectivity index (χ1v) is 10.5. The molecule has 1 heterocycles. The van der Waals surface area contributed by atoms with Crippen molar-refractivity contribution in [1.29, 1.82) is 0 Å². The smallest absolute Gasteiger partial charge is 0.256 e. The summed E-state index contributed by atoms with van der Waals surface area (Å²) in [5.41, 5.74) is 2.05. The molecule has 0 spiro atoms. The zero-order chi connectivity index (χ0) is 18.6. The number of amides is 2. The van der Waals surface area contributed by atoms with Gasteiger partial charge in [-0.1, -0.05) is 56.0 Å². The normalized spacial score (nSPS) is 16.7. The van der Waals surface area contributed by atoms with Crippen LogP contribution in [-0.2, 0) is 0 Å². The van der Waals surface area contributed by atoms with Gasteiger partial charge in [-0.15, -0.1) is 0 Å². The minimum atomic E-state index is -0.110. The third-order valence-electron chi connectivity index (χ3n) is 5.41. The lowest BCUT2D eigenvalue weighted by molar-refractivity contribution is 0.0949. The molecule has 4 nitrogen and oxygen atoms in total. The molecule has 0 atom stereocenters. The highest BCUT2D eigenvalue weighted by Crippen LogP contribution is 2.39. The number of hydrogen-bond donors (Lipinski definition) is 2. The largest absolute Gasteiger partial charge is 0.352 e. The Bertz CT molecular complexity index is 859. The molecule has 140 valence electrons. The maximum absolute atomic E-state index is 12.6. The summed E-state index contributed by atoms with van der Waals surface area (Å²) < 4.78 is 0. The molecule has 1 aliphatic carbocycles. The van der Waals surface area contributed by atoms with Crippen molar-refractivity contribution in [2.75, 3.05) is 11.9 Å². The van der Waals surface area contributed by atoms with Gasteiger partial charge in [0.15, 0.2) is 0 Å². The summed E-state index contributed by atoms with van der Waals surface area (Å²) >= 11 is 1.52. The summed E-state index contributed by atoms with van der Waals surface area (Å²) in [5.74, 6) is 0.605. The van der Waals surface area contributed by atoms with Crippen LogP contribution in [0.25, 0.3) is 0 Å². The highest BCUT2D eigenvalue weighted by Gasteiger charge is 2.21. The van der Waals surface area contributed by atoms with Crippen LogP contribution in [0.15, 0.2) is 52.3 Å². The molecule has 0 aromatic heterocycles. The molecule has 0 radical (unpaired) electrons. The average molecular weight is 381 g/mol. The number of nitrogens with one attached hydrogen (secondary N) is 2. The van der Waals surface area contributed by atoms with Crippen LogP contribution in [0.5, 0.6) is 0 Å². The van der Waals surface area contributed by atoms with Gasteiger partial charge in [-0.2, -0.15) is 0 Å². The average Bonchev–Trinajstić information content (AvgIpc) is 2.84. The summed E-state index contributed by atoms with van der Waals surface area (Å²) in [4.78, 5) is 26.7.